The Balaban J connectivity index is 1.83. The van der Waals surface area contributed by atoms with Gasteiger partial charge in [-0.3, -0.25) is 9.78 Å². The molecule has 0 radical (unpaired) electrons. The molecule has 0 aromatic carbocycles. The van der Waals surface area contributed by atoms with E-state index in [9.17, 15) is 4.79 Å². The molecule has 0 unspecified atom stereocenters. The lowest BCUT2D eigenvalue weighted by molar-refractivity contribution is 0.0955. The van der Waals surface area contributed by atoms with Gasteiger partial charge in [0.15, 0.2) is 0 Å². The molecule has 0 aliphatic carbocycles. The van der Waals surface area contributed by atoms with Crippen LogP contribution >= 0.6 is 0 Å². The first-order chi connectivity index (χ1) is 8.86. The predicted molar refractivity (Wildman–Crippen MR) is 67.9 cm³/mol. The monoisotopic (exact) mass is 241 g/mol. The van der Waals surface area contributed by atoms with Gasteiger partial charge in [0.05, 0.1) is 6.26 Å². The Morgan fingerprint density at radius 2 is 2.17 bits per heavy atom. The SMILES string of the molecule is O=C(N/N=C\C=C\c1ccco1)c1ccncc1. The van der Waals surface area contributed by atoms with Crippen LogP contribution in [0.2, 0.25) is 0 Å². The van der Waals surface area contributed by atoms with Crippen LogP contribution in [0.15, 0.2) is 58.5 Å². The van der Waals surface area contributed by atoms with Crippen LogP contribution in [0.1, 0.15) is 16.1 Å². The van der Waals surface area contributed by atoms with E-state index >= 15 is 0 Å². The van der Waals surface area contributed by atoms with Crippen molar-refractivity contribution in [2.75, 3.05) is 0 Å². The third-order valence-corrected chi connectivity index (χ3v) is 2.07. The van der Waals surface area contributed by atoms with E-state index in [0.717, 1.165) is 5.76 Å². The van der Waals surface area contributed by atoms with Crippen molar-refractivity contribution in [1.82, 2.24) is 10.4 Å². The molecule has 0 aliphatic rings. The summed E-state index contributed by atoms with van der Waals surface area (Å²) in [4.78, 5) is 15.4. The van der Waals surface area contributed by atoms with Crippen molar-refractivity contribution in [3.63, 3.8) is 0 Å². The summed E-state index contributed by atoms with van der Waals surface area (Å²) in [5, 5.41) is 3.77. The van der Waals surface area contributed by atoms with Gasteiger partial charge in [0, 0.05) is 24.2 Å². The quantitative estimate of drug-likeness (QED) is 0.658. The molecule has 2 aromatic heterocycles. The fourth-order valence-electron chi connectivity index (χ4n) is 1.23. The van der Waals surface area contributed by atoms with Crippen LogP contribution in [0.3, 0.4) is 0 Å². The smallest absolute Gasteiger partial charge is 0.271 e. The van der Waals surface area contributed by atoms with Crippen LogP contribution in [0, 0.1) is 0 Å². The number of nitrogens with zero attached hydrogens (tertiary/aromatic N) is 2. The fraction of sp³-hybridized carbons (Fsp3) is 0. The maximum Gasteiger partial charge on any atom is 0.271 e. The third kappa shape index (κ3) is 3.41. The summed E-state index contributed by atoms with van der Waals surface area (Å²) in [6, 6.07) is 6.84. The second kappa shape index (κ2) is 6.15. The standard InChI is InChI=1S/C13H11N3O2/c17-13(11-5-8-14-9-6-11)16-15-7-1-3-12-4-2-10-18-12/h1-10H,(H,16,17)/b3-1+,15-7-. The number of carbonyl (C=O) groups is 1. The number of hydrazone groups is 1. The second-order valence-corrected chi connectivity index (χ2v) is 3.33. The highest BCUT2D eigenvalue weighted by molar-refractivity contribution is 5.94. The first kappa shape index (κ1) is 11.8. The molecule has 0 saturated carbocycles. The lowest BCUT2D eigenvalue weighted by atomic mass is 10.3. The molecule has 2 rings (SSSR count). The van der Waals surface area contributed by atoms with Gasteiger partial charge in [-0.1, -0.05) is 0 Å². The third-order valence-electron chi connectivity index (χ3n) is 2.07. The molecule has 0 bridgehead atoms. The minimum Gasteiger partial charge on any atom is -0.465 e. The fourth-order valence-corrected chi connectivity index (χ4v) is 1.23. The summed E-state index contributed by atoms with van der Waals surface area (Å²) in [6.45, 7) is 0. The number of hydrogen-bond acceptors (Lipinski definition) is 4. The number of hydrogen-bond donors (Lipinski definition) is 1. The number of allylic oxidation sites excluding steroid dienone is 1. The van der Waals surface area contributed by atoms with E-state index in [-0.39, 0.29) is 5.91 Å². The molecule has 0 aliphatic heterocycles. The van der Waals surface area contributed by atoms with Crippen LogP contribution in [0.4, 0.5) is 0 Å². The highest BCUT2D eigenvalue weighted by atomic mass is 16.3. The molecule has 0 spiro atoms. The van der Waals surface area contributed by atoms with Crippen LogP contribution in [0.5, 0.6) is 0 Å². The highest BCUT2D eigenvalue weighted by Crippen LogP contribution is 2.01. The number of carbonyl (C=O) groups excluding carboxylic acids is 1. The van der Waals surface area contributed by atoms with Crippen molar-refractivity contribution in [3.05, 3.63) is 60.3 Å². The molecule has 1 amide bonds. The molecule has 0 saturated heterocycles. The summed E-state index contributed by atoms with van der Waals surface area (Å²) >= 11 is 0. The Hall–Kier alpha value is -2.69. The first-order valence-electron chi connectivity index (χ1n) is 5.30. The van der Waals surface area contributed by atoms with E-state index in [1.54, 1.807) is 49.0 Å². The Bertz CT molecular complexity index is 545. The van der Waals surface area contributed by atoms with Gasteiger partial charge in [0.2, 0.25) is 0 Å². The highest BCUT2D eigenvalue weighted by Gasteiger charge is 2.01. The van der Waals surface area contributed by atoms with Crippen LogP contribution in [-0.2, 0) is 0 Å². The van der Waals surface area contributed by atoms with E-state index in [4.69, 9.17) is 4.42 Å². The van der Waals surface area contributed by atoms with Gasteiger partial charge < -0.3 is 4.42 Å². The molecule has 5 heteroatoms. The van der Waals surface area contributed by atoms with Gasteiger partial charge in [0.1, 0.15) is 5.76 Å². The van der Waals surface area contributed by atoms with E-state index in [1.165, 1.54) is 6.21 Å². The van der Waals surface area contributed by atoms with E-state index in [1.807, 2.05) is 6.07 Å². The molecule has 2 aromatic rings. The van der Waals surface area contributed by atoms with Gasteiger partial charge in [-0.05, 0) is 36.4 Å². The number of pyridine rings is 1. The average molecular weight is 241 g/mol. The maximum atomic E-state index is 11.5. The van der Waals surface area contributed by atoms with Crippen molar-refractivity contribution in [1.29, 1.82) is 0 Å². The molecule has 2 heterocycles. The topological polar surface area (TPSA) is 67.5 Å². The van der Waals surface area contributed by atoms with Gasteiger partial charge in [-0.15, -0.1) is 0 Å². The van der Waals surface area contributed by atoms with Gasteiger partial charge >= 0.3 is 0 Å². The number of amides is 1. The molecule has 0 atom stereocenters. The van der Waals surface area contributed by atoms with E-state index < -0.39 is 0 Å². The summed E-state index contributed by atoms with van der Waals surface area (Å²) < 4.78 is 5.09. The summed E-state index contributed by atoms with van der Waals surface area (Å²) in [7, 11) is 0. The van der Waals surface area contributed by atoms with Crippen molar-refractivity contribution in [3.8, 4) is 0 Å². The molecular weight excluding hydrogens is 230 g/mol. The Morgan fingerprint density at radius 3 is 2.89 bits per heavy atom. The Morgan fingerprint density at radius 1 is 1.33 bits per heavy atom. The number of rotatable bonds is 4. The maximum absolute atomic E-state index is 11.5. The lowest BCUT2D eigenvalue weighted by Gasteiger charge is -1.96. The summed E-state index contributed by atoms with van der Waals surface area (Å²) in [5.74, 6) is 0.446. The lowest BCUT2D eigenvalue weighted by Crippen LogP contribution is -2.17. The number of furan rings is 1. The molecule has 90 valence electrons. The minimum atomic E-state index is -0.278. The molecular formula is C13H11N3O2. The van der Waals surface area contributed by atoms with Gasteiger partial charge in [-0.25, -0.2) is 5.43 Å². The van der Waals surface area contributed by atoms with Crippen LogP contribution in [0.25, 0.3) is 6.08 Å². The van der Waals surface area contributed by atoms with E-state index in [2.05, 4.69) is 15.5 Å². The second-order valence-electron chi connectivity index (χ2n) is 3.33. The Labute approximate surface area is 104 Å². The average Bonchev–Trinajstić information content (AvgIpc) is 2.92. The predicted octanol–water partition coefficient (Wildman–Crippen LogP) is 2.10. The van der Waals surface area contributed by atoms with Crippen molar-refractivity contribution < 1.29 is 9.21 Å². The van der Waals surface area contributed by atoms with Gasteiger partial charge in [0.25, 0.3) is 5.91 Å². The van der Waals surface area contributed by atoms with Crippen LogP contribution in [-0.4, -0.2) is 17.1 Å². The van der Waals surface area contributed by atoms with Crippen molar-refractivity contribution in [2.24, 2.45) is 5.10 Å². The molecule has 18 heavy (non-hydrogen) atoms. The van der Waals surface area contributed by atoms with Crippen molar-refractivity contribution in [2.45, 2.75) is 0 Å². The zero-order chi connectivity index (χ0) is 12.6. The first-order valence-corrected chi connectivity index (χ1v) is 5.30. The summed E-state index contributed by atoms with van der Waals surface area (Å²) in [6.07, 6.45) is 9.57. The van der Waals surface area contributed by atoms with Gasteiger partial charge in [-0.2, -0.15) is 5.10 Å². The zero-order valence-corrected chi connectivity index (χ0v) is 9.48. The molecule has 0 fully saturated rings. The minimum absolute atomic E-state index is 0.278. The number of aromatic nitrogens is 1. The largest absolute Gasteiger partial charge is 0.465 e. The summed E-state index contributed by atoms with van der Waals surface area (Å²) in [5.41, 5.74) is 2.91. The van der Waals surface area contributed by atoms with Crippen LogP contribution < -0.4 is 5.43 Å². The molecule has 1 N–H and O–H groups in total. The molecule has 5 nitrogen and oxygen atoms in total. The zero-order valence-electron chi connectivity index (χ0n) is 9.48. The number of nitrogens with one attached hydrogen (secondary N) is 1. The Kier molecular flexibility index (Phi) is 4.02. The normalized spacial score (nSPS) is 11.1. The van der Waals surface area contributed by atoms with Crippen molar-refractivity contribution >= 4 is 18.2 Å². The van der Waals surface area contributed by atoms with E-state index in [0.29, 0.717) is 5.56 Å².